The predicted molar refractivity (Wildman–Crippen MR) is 73.7 cm³/mol. The minimum absolute atomic E-state index is 0.331. The molecule has 1 N–H and O–H groups in total. The highest BCUT2D eigenvalue weighted by atomic mass is 16.4. The molecule has 5 nitrogen and oxygen atoms in total. The second-order valence-corrected chi connectivity index (χ2v) is 5.16. The van der Waals surface area contributed by atoms with E-state index in [-0.39, 0.29) is 0 Å². The van der Waals surface area contributed by atoms with Crippen molar-refractivity contribution in [3.05, 3.63) is 16.8 Å². The fourth-order valence-corrected chi connectivity index (χ4v) is 2.43. The average Bonchev–Trinajstić information content (AvgIpc) is 3.20. The van der Waals surface area contributed by atoms with Gasteiger partial charge in [-0.25, -0.2) is 4.79 Å². The summed E-state index contributed by atoms with van der Waals surface area (Å²) in [5.41, 5.74) is 1.95. The highest BCUT2D eigenvalue weighted by Gasteiger charge is 2.27. The number of hydrogen-bond acceptors (Lipinski definition) is 4. The van der Waals surface area contributed by atoms with Gasteiger partial charge < -0.3 is 10.0 Å². The maximum absolute atomic E-state index is 11.6. The third-order valence-electron chi connectivity index (χ3n) is 3.63. The molecule has 1 aromatic heterocycles. The molecule has 0 spiro atoms. The summed E-state index contributed by atoms with van der Waals surface area (Å²) >= 11 is 0. The smallest absolute Gasteiger partial charge is 0.339 e. The molecule has 0 unspecified atom stereocenters. The van der Waals surface area contributed by atoms with Crippen molar-refractivity contribution < 1.29 is 9.90 Å². The zero-order valence-corrected chi connectivity index (χ0v) is 11.8. The van der Waals surface area contributed by atoms with Crippen LogP contribution in [0.5, 0.6) is 0 Å². The van der Waals surface area contributed by atoms with Crippen LogP contribution in [0.1, 0.15) is 48.3 Å². The third kappa shape index (κ3) is 2.85. The van der Waals surface area contributed by atoms with Gasteiger partial charge >= 0.3 is 5.97 Å². The van der Waals surface area contributed by atoms with E-state index in [0.29, 0.717) is 30.1 Å². The molecule has 104 valence electrons. The highest BCUT2D eigenvalue weighted by Crippen LogP contribution is 2.32. The van der Waals surface area contributed by atoms with Gasteiger partial charge in [0.15, 0.2) is 5.82 Å². The Labute approximate surface area is 113 Å². The van der Waals surface area contributed by atoms with Crippen molar-refractivity contribution in [2.45, 2.75) is 39.5 Å². The van der Waals surface area contributed by atoms with Gasteiger partial charge in [0, 0.05) is 13.6 Å². The van der Waals surface area contributed by atoms with Crippen molar-refractivity contribution >= 4 is 11.8 Å². The largest absolute Gasteiger partial charge is 0.478 e. The highest BCUT2D eigenvalue weighted by molar-refractivity contribution is 5.95. The second kappa shape index (κ2) is 5.55. The molecule has 0 radical (unpaired) electrons. The Morgan fingerprint density at radius 3 is 2.47 bits per heavy atom. The fourth-order valence-electron chi connectivity index (χ4n) is 2.43. The molecule has 19 heavy (non-hydrogen) atoms. The second-order valence-electron chi connectivity index (χ2n) is 5.16. The molecule has 1 aliphatic carbocycles. The molecule has 1 fully saturated rings. The fraction of sp³-hybridized carbons (Fsp3) is 0.643. The predicted octanol–water partition coefficient (Wildman–Crippen LogP) is 2.15. The average molecular weight is 263 g/mol. The summed E-state index contributed by atoms with van der Waals surface area (Å²) in [7, 11) is 1.90. The van der Waals surface area contributed by atoms with Crippen LogP contribution in [0.15, 0.2) is 0 Å². The van der Waals surface area contributed by atoms with Gasteiger partial charge in [0.25, 0.3) is 0 Å². The molecule has 0 aliphatic heterocycles. The van der Waals surface area contributed by atoms with Crippen molar-refractivity contribution in [1.29, 1.82) is 0 Å². The van der Waals surface area contributed by atoms with Crippen LogP contribution in [0.25, 0.3) is 0 Å². The van der Waals surface area contributed by atoms with Crippen LogP contribution < -0.4 is 4.90 Å². The first-order valence-corrected chi connectivity index (χ1v) is 6.91. The lowest BCUT2D eigenvalue weighted by molar-refractivity contribution is 0.0695. The lowest BCUT2D eigenvalue weighted by Crippen LogP contribution is -2.26. The number of aryl methyl sites for hydroxylation is 1. The summed E-state index contributed by atoms with van der Waals surface area (Å²) in [5, 5.41) is 17.9. The molecule has 0 bridgehead atoms. The van der Waals surface area contributed by atoms with Crippen LogP contribution in [-0.4, -0.2) is 34.9 Å². The molecular weight excluding hydrogens is 242 g/mol. The van der Waals surface area contributed by atoms with Gasteiger partial charge in [-0.1, -0.05) is 13.8 Å². The monoisotopic (exact) mass is 263 g/mol. The van der Waals surface area contributed by atoms with Crippen LogP contribution in [0.2, 0.25) is 0 Å². The van der Waals surface area contributed by atoms with Gasteiger partial charge in [0.05, 0.1) is 5.69 Å². The molecule has 1 aliphatic rings. The summed E-state index contributed by atoms with van der Waals surface area (Å²) in [6, 6.07) is 0. The molecule has 0 atom stereocenters. The van der Waals surface area contributed by atoms with Gasteiger partial charge in [0.2, 0.25) is 0 Å². The van der Waals surface area contributed by atoms with E-state index in [1.807, 2.05) is 25.8 Å². The molecule has 0 aromatic carbocycles. The van der Waals surface area contributed by atoms with Crippen LogP contribution in [0.4, 0.5) is 5.82 Å². The van der Waals surface area contributed by atoms with Crippen LogP contribution >= 0.6 is 0 Å². The number of rotatable bonds is 6. The van der Waals surface area contributed by atoms with E-state index < -0.39 is 5.97 Å². The van der Waals surface area contributed by atoms with Crippen molar-refractivity contribution in [1.82, 2.24) is 10.2 Å². The number of carboxylic acid groups (broad SMARTS) is 1. The maximum Gasteiger partial charge on any atom is 0.339 e. The van der Waals surface area contributed by atoms with E-state index in [1.54, 1.807) is 0 Å². The summed E-state index contributed by atoms with van der Waals surface area (Å²) in [4.78, 5) is 13.5. The Morgan fingerprint density at radius 1 is 1.32 bits per heavy atom. The Kier molecular flexibility index (Phi) is 4.02. The maximum atomic E-state index is 11.6. The molecule has 2 rings (SSSR count). The SMILES string of the molecule is CCc1nnc(N(C)CC2CC2)c(C(=O)O)c1CC. The van der Waals surface area contributed by atoms with Crippen molar-refractivity contribution in [2.24, 2.45) is 5.92 Å². The van der Waals surface area contributed by atoms with Crippen LogP contribution in [0.3, 0.4) is 0 Å². The van der Waals surface area contributed by atoms with Gasteiger partial charge in [-0.3, -0.25) is 0 Å². The van der Waals surface area contributed by atoms with E-state index in [2.05, 4.69) is 10.2 Å². The first-order chi connectivity index (χ1) is 9.08. The van der Waals surface area contributed by atoms with Crippen molar-refractivity contribution in [2.75, 3.05) is 18.5 Å². The van der Waals surface area contributed by atoms with Gasteiger partial charge in [-0.05, 0) is 37.2 Å². The van der Waals surface area contributed by atoms with Crippen molar-refractivity contribution in [3.8, 4) is 0 Å². The molecule has 1 aromatic rings. The van der Waals surface area contributed by atoms with Crippen molar-refractivity contribution in [3.63, 3.8) is 0 Å². The molecule has 5 heteroatoms. The molecule has 0 amide bonds. The Balaban J connectivity index is 2.43. The van der Waals surface area contributed by atoms with E-state index >= 15 is 0 Å². The summed E-state index contributed by atoms with van der Waals surface area (Å²) in [5.74, 6) is 0.289. The minimum Gasteiger partial charge on any atom is -0.478 e. The normalized spacial score (nSPS) is 14.5. The standard InChI is InChI=1S/C14H21N3O2/c1-4-10-11(5-2)15-16-13(12(10)14(18)19)17(3)8-9-6-7-9/h9H,4-8H2,1-3H3,(H,18,19). The Hall–Kier alpha value is -1.65. The van der Waals surface area contributed by atoms with E-state index in [0.717, 1.165) is 17.8 Å². The van der Waals surface area contributed by atoms with E-state index in [1.165, 1.54) is 12.8 Å². The van der Waals surface area contributed by atoms with Gasteiger partial charge in [-0.15, -0.1) is 5.10 Å². The zero-order valence-electron chi connectivity index (χ0n) is 11.8. The number of aromatic carboxylic acids is 1. The van der Waals surface area contributed by atoms with Gasteiger partial charge in [-0.2, -0.15) is 5.10 Å². The summed E-state index contributed by atoms with van der Waals surface area (Å²) < 4.78 is 0. The first-order valence-electron chi connectivity index (χ1n) is 6.91. The lowest BCUT2D eigenvalue weighted by atomic mass is 10.0. The quantitative estimate of drug-likeness (QED) is 0.851. The first kappa shape index (κ1) is 13.8. The Bertz CT molecular complexity index is 484. The summed E-state index contributed by atoms with van der Waals surface area (Å²) in [6.45, 7) is 4.80. The topological polar surface area (TPSA) is 66.3 Å². The number of hydrogen-bond donors (Lipinski definition) is 1. The third-order valence-corrected chi connectivity index (χ3v) is 3.63. The van der Waals surface area contributed by atoms with Crippen LogP contribution in [-0.2, 0) is 12.8 Å². The number of anilines is 1. The lowest BCUT2D eigenvalue weighted by Gasteiger charge is -2.21. The molecular formula is C14H21N3O2. The number of carbonyl (C=O) groups is 1. The molecule has 1 saturated carbocycles. The zero-order chi connectivity index (χ0) is 14.0. The number of aromatic nitrogens is 2. The number of nitrogens with zero attached hydrogens (tertiary/aromatic N) is 3. The Morgan fingerprint density at radius 2 is 2.00 bits per heavy atom. The van der Waals surface area contributed by atoms with E-state index in [9.17, 15) is 9.90 Å². The van der Waals surface area contributed by atoms with Crippen LogP contribution in [0, 0.1) is 5.92 Å². The van der Waals surface area contributed by atoms with Gasteiger partial charge in [0.1, 0.15) is 5.56 Å². The summed E-state index contributed by atoms with van der Waals surface area (Å²) in [6.07, 6.45) is 3.84. The number of carboxylic acids is 1. The minimum atomic E-state index is -0.904. The molecule has 0 saturated heterocycles. The molecule has 1 heterocycles. The van der Waals surface area contributed by atoms with E-state index in [4.69, 9.17) is 0 Å².